The number of ether oxygens (including phenoxy) is 1. The van der Waals surface area contributed by atoms with Crippen LogP contribution in [0.3, 0.4) is 0 Å². The molecular weight excluding hydrogens is 445 g/mol. The van der Waals surface area contributed by atoms with Crippen LogP contribution in [0.2, 0.25) is 0 Å². The summed E-state index contributed by atoms with van der Waals surface area (Å²) in [5.41, 5.74) is 0.243. The Kier molecular flexibility index (Phi) is 5.67. The molecule has 176 valence electrons. The Morgan fingerprint density at radius 2 is 1.76 bits per heavy atom. The zero-order valence-corrected chi connectivity index (χ0v) is 18.3. The molecule has 2 unspecified atom stereocenters. The molecule has 0 radical (unpaired) electrons. The van der Waals surface area contributed by atoms with Crippen LogP contribution in [-0.4, -0.2) is 35.1 Å². The summed E-state index contributed by atoms with van der Waals surface area (Å²) < 4.78 is 46.7. The molecule has 8 heteroatoms. The number of pyridine rings is 1. The predicted molar refractivity (Wildman–Crippen MR) is 121 cm³/mol. The number of carbonyl (C=O) groups excluding carboxylic acids is 1. The maximum absolute atomic E-state index is 13.3. The minimum Gasteiger partial charge on any atom is -0.484 e. The Labute approximate surface area is 194 Å². The average Bonchev–Trinajstić information content (AvgIpc) is 2.83. The van der Waals surface area contributed by atoms with Crippen LogP contribution < -0.4 is 10.3 Å². The van der Waals surface area contributed by atoms with E-state index in [1.165, 1.54) is 12.1 Å². The number of aromatic nitrogens is 1. The lowest BCUT2D eigenvalue weighted by molar-refractivity contribution is -0.137. The van der Waals surface area contributed by atoms with Crippen LogP contribution in [0.15, 0.2) is 71.5 Å². The molecule has 1 saturated heterocycles. The first-order chi connectivity index (χ1) is 16.3. The summed E-state index contributed by atoms with van der Waals surface area (Å²) in [6.45, 7) is 1.38. The first-order valence-corrected chi connectivity index (χ1v) is 11.2. The van der Waals surface area contributed by atoms with E-state index in [0.29, 0.717) is 25.4 Å². The number of piperidine rings is 1. The number of fused-ring (bicyclic) bond motifs is 4. The molecule has 3 heterocycles. The number of benzene rings is 2. The number of alkyl halides is 3. The molecule has 3 aromatic rings. The van der Waals surface area contributed by atoms with E-state index in [-0.39, 0.29) is 41.0 Å². The average molecular weight is 468 g/mol. The third kappa shape index (κ3) is 4.32. The van der Waals surface area contributed by atoms with Gasteiger partial charge in [0.1, 0.15) is 5.75 Å². The fraction of sp³-hybridized carbons (Fsp3) is 0.308. The van der Waals surface area contributed by atoms with E-state index < -0.39 is 11.7 Å². The molecule has 0 spiro atoms. The van der Waals surface area contributed by atoms with E-state index in [4.69, 9.17) is 4.74 Å². The van der Waals surface area contributed by atoms with Crippen molar-refractivity contribution >= 4 is 5.91 Å². The van der Waals surface area contributed by atoms with Crippen molar-refractivity contribution in [1.82, 2.24) is 9.47 Å². The van der Waals surface area contributed by atoms with Crippen LogP contribution in [0, 0.1) is 5.92 Å². The molecule has 0 saturated carbocycles. The SMILES string of the molecule is O=C(COc1ccccc1)N1CC2CC(C1)c1ccc(-c3cccc(C(F)(F)F)c3)c(=O)n1C2. The highest BCUT2D eigenvalue weighted by atomic mass is 19.4. The molecule has 0 N–H and O–H groups in total. The summed E-state index contributed by atoms with van der Waals surface area (Å²) in [6, 6.07) is 17.4. The van der Waals surface area contributed by atoms with Gasteiger partial charge in [-0.3, -0.25) is 9.59 Å². The molecule has 1 amide bonds. The molecule has 2 aromatic carbocycles. The number of carbonyl (C=O) groups is 1. The smallest absolute Gasteiger partial charge is 0.416 e. The van der Waals surface area contributed by atoms with Gasteiger partial charge in [-0.25, -0.2) is 0 Å². The van der Waals surface area contributed by atoms with Crippen molar-refractivity contribution in [3.05, 3.63) is 88.3 Å². The molecule has 5 rings (SSSR count). The van der Waals surface area contributed by atoms with E-state index in [9.17, 15) is 22.8 Å². The third-order valence-electron chi connectivity index (χ3n) is 6.56. The monoisotopic (exact) mass is 468 g/mol. The van der Waals surface area contributed by atoms with Gasteiger partial charge in [0, 0.05) is 36.8 Å². The normalized spacial score (nSPS) is 19.4. The minimum absolute atomic E-state index is 0.00330. The number of para-hydroxylation sites is 1. The molecule has 5 nitrogen and oxygen atoms in total. The highest BCUT2D eigenvalue weighted by molar-refractivity contribution is 5.78. The maximum atomic E-state index is 13.3. The number of hydrogen-bond acceptors (Lipinski definition) is 3. The van der Waals surface area contributed by atoms with Crippen LogP contribution in [0.25, 0.3) is 11.1 Å². The molecule has 2 bridgehead atoms. The van der Waals surface area contributed by atoms with Crippen molar-refractivity contribution in [3.63, 3.8) is 0 Å². The van der Waals surface area contributed by atoms with E-state index in [1.807, 2.05) is 24.3 Å². The summed E-state index contributed by atoms with van der Waals surface area (Å²) in [5.74, 6) is 0.625. The van der Waals surface area contributed by atoms with Gasteiger partial charge >= 0.3 is 6.18 Å². The Morgan fingerprint density at radius 3 is 2.53 bits per heavy atom. The van der Waals surface area contributed by atoms with E-state index in [1.54, 1.807) is 27.7 Å². The number of halogens is 3. The Hall–Kier alpha value is -3.55. The zero-order chi connectivity index (χ0) is 23.9. The van der Waals surface area contributed by atoms with Gasteiger partial charge in [-0.15, -0.1) is 0 Å². The summed E-state index contributed by atoms with van der Waals surface area (Å²) in [5, 5.41) is 0. The number of amides is 1. The second kappa shape index (κ2) is 8.66. The summed E-state index contributed by atoms with van der Waals surface area (Å²) in [4.78, 5) is 27.8. The van der Waals surface area contributed by atoms with Crippen molar-refractivity contribution in [2.75, 3.05) is 19.7 Å². The van der Waals surface area contributed by atoms with Crippen molar-refractivity contribution < 1.29 is 22.7 Å². The van der Waals surface area contributed by atoms with Crippen molar-refractivity contribution in [1.29, 1.82) is 0 Å². The largest absolute Gasteiger partial charge is 0.484 e. The topological polar surface area (TPSA) is 51.5 Å². The second-order valence-electron chi connectivity index (χ2n) is 8.87. The van der Waals surface area contributed by atoms with Gasteiger partial charge in [0.2, 0.25) is 0 Å². The fourth-order valence-electron chi connectivity index (χ4n) is 4.99. The summed E-state index contributed by atoms with van der Waals surface area (Å²) >= 11 is 0. The number of nitrogens with zero attached hydrogens (tertiary/aromatic N) is 2. The van der Waals surface area contributed by atoms with Crippen LogP contribution in [0.4, 0.5) is 13.2 Å². The Morgan fingerprint density at radius 1 is 0.971 bits per heavy atom. The first kappa shape index (κ1) is 22.3. The van der Waals surface area contributed by atoms with Gasteiger partial charge in [0.15, 0.2) is 6.61 Å². The van der Waals surface area contributed by atoms with E-state index in [0.717, 1.165) is 24.2 Å². The number of rotatable bonds is 4. The van der Waals surface area contributed by atoms with Crippen LogP contribution in [-0.2, 0) is 17.5 Å². The first-order valence-electron chi connectivity index (χ1n) is 11.2. The standard InChI is InChI=1S/C26H23F3N2O3/c27-26(28,29)20-6-4-5-18(12-20)22-9-10-23-19-11-17(14-31(23)25(22)33)13-30(15-19)24(32)16-34-21-7-2-1-3-8-21/h1-10,12,17,19H,11,13-16H2. The lowest BCUT2D eigenvalue weighted by Crippen LogP contribution is -2.50. The van der Waals surface area contributed by atoms with Gasteiger partial charge in [-0.2, -0.15) is 13.2 Å². The van der Waals surface area contributed by atoms with Crippen LogP contribution in [0.1, 0.15) is 23.6 Å². The van der Waals surface area contributed by atoms with Gasteiger partial charge in [-0.05, 0) is 54.3 Å². The molecule has 2 aliphatic heterocycles. The quantitative estimate of drug-likeness (QED) is 0.564. The van der Waals surface area contributed by atoms with Gasteiger partial charge in [0.05, 0.1) is 5.56 Å². The lowest BCUT2D eigenvalue weighted by Gasteiger charge is -2.42. The molecule has 1 aromatic heterocycles. The maximum Gasteiger partial charge on any atom is 0.416 e. The fourth-order valence-corrected chi connectivity index (χ4v) is 4.99. The van der Waals surface area contributed by atoms with Crippen molar-refractivity contribution in [3.8, 4) is 16.9 Å². The van der Waals surface area contributed by atoms with Crippen LogP contribution in [0.5, 0.6) is 5.75 Å². The number of hydrogen-bond donors (Lipinski definition) is 0. The summed E-state index contributed by atoms with van der Waals surface area (Å²) in [7, 11) is 0. The van der Waals surface area contributed by atoms with E-state index >= 15 is 0 Å². The molecule has 0 aliphatic carbocycles. The second-order valence-corrected chi connectivity index (χ2v) is 8.87. The molecule has 1 fully saturated rings. The zero-order valence-electron chi connectivity index (χ0n) is 18.3. The molecule has 2 aliphatic rings. The third-order valence-corrected chi connectivity index (χ3v) is 6.56. The predicted octanol–water partition coefficient (Wildman–Crippen LogP) is 4.56. The van der Waals surface area contributed by atoms with Crippen LogP contribution >= 0.6 is 0 Å². The number of likely N-dealkylation sites (tertiary alicyclic amines) is 1. The van der Waals surface area contributed by atoms with E-state index in [2.05, 4.69) is 0 Å². The van der Waals surface area contributed by atoms with Crippen molar-refractivity contribution in [2.45, 2.75) is 25.1 Å². The van der Waals surface area contributed by atoms with Gasteiger partial charge in [-0.1, -0.05) is 30.3 Å². The summed E-state index contributed by atoms with van der Waals surface area (Å²) in [6.07, 6.45) is -3.61. The van der Waals surface area contributed by atoms with Gasteiger partial charge < -0.3 is 14.2 Å². The highest BCUT2D eigenvalue weighted by Gasteiger charge is 2.37. The molecule has 2 atom stereocenters. The molecular formula is C26H23F3N2O3. The molecule has 34 heavy (non-hydrogen) atoms. The van der Waals surface area contributed by atoms with Crippen molar-refractivity contribution in [2.24, 2.45) is 5.92 Å². The lowest BCUT2D eigenvalue weighted by atomic mass is 9.82. The Bertz CT molecular complexity index is 1270. The minimum atomic E-state index is -4.47. The Balaban J connectivity index is 1.36. The van der Waals surface area contributed by atoms with Gasteiger partial charge in [0.25, 0.3) is 11.5 Å². The highest BCUT2D eigenvalue weighted by Crippen LogP contribution is 2.36.